The number of aryl methyl sites for hydroxylation is 1. The van der Waals surface area contributed by atoms with Crippen molar-refractivity contribution in [2.45, 2.75) is 44.8 Å². The number of nitrogens with two attached hydrogens (primary N) is 1. The quantitative estimate of drug-likeness (QED) is 0.225. The molecule has 11 nitrogen and oxygen atoms in total. The Hall–Kier alpha value is -4.14. The van der Waals surface area contributed by atoms with Gasteiger partial charge in [-0.05, 0) is 67.1 Å². The van der Waals surface area contributed by atoms with Crippen molar-refractivity contribution in [2.75, 3.05) is 50.0 Å². The predicted octanol–water partition coefficient (Wildman–Crippen LogP) is 3.72. The number of fused-ring (bicyclic) bond motifs is 3. The normalized spacial score (nSPS) is 19.7. The van der Waals surface area contributed by atoms with Crippen molar-refractivity contribution in [1.29, 1.82) is 0 Å². The number of carbonyl (C=O) groups is 1. The van der Waals surface area contributed by atoms with Crippen LogP contribution in [0.4, 0.5) is 24.9 Å². The second-order valence-corrected chi connectivity index (χ2v) is 11.5. The monoisotopic (exact) mass is 628 g/mol. The predicted molar refractivity (Wildman–Crippen MR) is 158 cm³/mol. The van der Waals surface area contributed by atoms with Gasteiger partial charge in [0.25, 0.3) is 0 Å². The van der Waals surface area contributed by atoms with Gasteiger partial charge in [0.1, 0.15) is 23.9 Å². The highest BCUT2D eigenvalue weighted by atomic mass is 19.4. The number of nitrogens with zero attached hydrogens (tertiary/aromatic N) is 4. The summed E-state index contributed by atoms with van der Waals surface area (Å²) < 4.78 is 53.0. The Morgan fingerprint density at radius 2 is 1.76 bits per heavy atom. The number of aromatic nitrogens is 2. The molecule has 6 rings (SSSR count). The molecule has 2 aromatic carbocycles. The average Bonchev–Trinajstić information content (AvgIpc) is 3.00. The van der Waals surface area contributed by atoms with Crippen LogP contribution in [-0.4, -0.2) is 77.8 Å². The number of nitrogens with one attached hydrogen (secondary N) is 1. The van der Waals surface area contributed by atoms with Gasteiger partial charge in [-0.15, -0.1) is 13.2 Å². The number of ether oxygens (including phenoxy) is 3. The molecule has 0 spiro atoms. The van der Waals surface area contributed by atoms with Crippen LogP contribution in [0.2, 0.25) is 0 Å². The number of carbonyl (C=O) groups excluding carboxylic acids is 1. The zero-order valence-electron chi connectivity index (χ0n) is 24.6. The molecule has 2 fully saturated rings. The van der Waals surface area contributed by atoms with Gasteiger partial charge in [-0.2, -0.15) is 4.98 Å². The van der Waals surface area contributed by atoms with E-state index in [9.17, 15) is 18.0 Å². The van der Waals surface area contributed by atoms with E-state index in [4.69, 9.17) is 20.4 Å². The molecule has 1 amide bonds. The average molecular weight is 629 g/mol. The molecule has 14 heteroatoms. The van der Waals surface area contributed by atoms with Crippen LogP contribution in [0, 0.1) is 5.92 Å². The maximum atomic E-state index is 12.4. The van der Waals surface area contributed by atoms with E-state index in [1.165, 1.54) is 24.3 Å². The molecule has 0 unspecified atom stereocenters. The first kappa shape index (κ1) is 30.9. The fourth-order valence-electron chi connectivity index (χ4n) is 6.05. The van der Waals surface area contributed by atoms with Crippen LogP contribution in [0.25, 0.3) is 11.3 Å². The van der Waals surface area contributed by atoms with E-state index in [0.29, 0.717) is 30.8 Å². The molecule has 2 aliphatic carbocycles. The first-order chi connectivity index (χ1) is 21.6. The van der Waals surface area contributed by atoms with Crippen LogP contribution >= 0.6 is 0 Å². The van der Waals surface area contributed by atoms with Crippen LogP contribution in [0.3, 0.4) is 0 Å². The summed E-state index contributed by atoms with van der Waals surface area (Å²) in [5.74, 6) is 0.969. The van der Waals surface area contributed by atoms with Gasteiger partial charge >= 0.3 is 6.36 Å². The van der Waals surface area contributed by atoms with E-state index in [0.717, 1.165) is 73.8 Å². The maximum Gasteiger partial charge on any atom is 0.573 e. The highest BCUT2D eigenvalue weighted by Crippen LogP contribution is 2.39. The minimum Gasteiger partial charge on any atom is -0.489 e. The van der Waals surface area contributed by atoms with E-state index in [1.807, 2.05) is 18.2 Å². The lowest BCUT2D eigenvalue weighted by Crippen LogP contribution is -2.48. The summed E-state index contributed by atoms with van der Waals surface area (Å²) in [6.07, 6.45) is -1.85. The SMILES string of the molecule is Nc1nc2c(c(N3CCN(CCO[C@H]4C[C@@H](C(=O)NO)C4)CC3)n1)CCc1cc(OCc3ccc(OC(F)(F)F)cc3)ccc1-2. The summed E-state index contributed by atoms with van der Waals surface area (Å²) in [4.78, 5) is 25.3. The van der Waals surface area contributed by atoms with Crippen molar-refractivity contribution in [2.24, 2.45) is 5.92 Å². The lowest BCUT2D eigenvalue weighted by Gasteiger charge is -2.38. The van der Waals surface area contributed by atoms with Crippen LogP contribution in [-0.2, 0) is 29.0 Å². The number of rotatable bonds is 10. The Balaban J connectivity index is 1.03. The van der Waals surface area contributed by atoms with E-state index in [1.54, 1.807) is 5.48 Å². The lowest BCUT2D eigenvalue weighted by molar-refractivity contribution is -0.274. The largest absolute Gasteiger partial charge is 0.573 e. The minimum atomic E-state index is -4.73. The van der Waals surface area contributed by atoms with Gasteiger partial charge in [0.05, 0.1) is 18.4 Å². The highest BCUT2D eigenvalue weighted by Gasteiger charge is 2.35. The van der Waals surface area contributed by atoms with Crippen LogP contribution in [0.1, 0.15) is 29.5 Å². The first-order valence-electron chi connectivity index (χ1n) is 14.9. The standard InChI is InChI=1S/C31H35F3N6O5/c32-31(33,34)45-22-4-1-19(2-5-22)18-44-23-6-8-25-20(15-23)3-7-26-27(25)36-30(35)37-28(26)40-11-9-39(10-12-40)13-14-43-24-16-21(17-24)29(41)38-42/h1-2,4-6,8,15,21,24,42H,3,7,9-14,16-18H2,(H,38,41)(H2,35,36,37)/t21-,24+. The Labute approximate surface area is 258 Å². The van der Waals surface area contributed by atoms with Gasteiger partial charge in [0, 0.05) is 49.8 Å². The number of alkyl halides is 3. The zero-order valence-corrected chi connectivity index (χ0v) is 24.6. The van der Waals surface area contributed by atoms with E-state index < -0.39 is 6.36 Å². The topological polar surface area (TPSA) is 135 Å². The van der Waals surface area contributed by atoms with E-state index in [2.05, 4.69) is 24.5 Å². The Morgan fingerprint density at radius 1 is 1.02 bits per heavy atom. The lowest BCUT2D eigenvalue weighted by atomic mass is 9.82. The van der Waals surface area contributed by atoms with E-state index in [-0.39, 0.29) is 36.2 Å². The molecule has 2 heterocycles. The van der Waals surface area contributed by atoms with Crippen LogP contribution in [0.5, 0.6) is 11.5 Å². The highest BCUT2D eigenvalue weighted by molar-refractivity contribution is 5.78. The molecular formula is C31H35F3N6O5. The summed E-state index contributed by atoms with van der Waals surface area (Å²) in [5, 5.41) is 8.72. The number of nitrogen functional groups attached to an aromatic ring is 1. The molecular weight excluding hydrogens is 593 g/mol. The van der Waals surface area contributed by atoms with Gasteiger partial charge in [0.15, 0.2) is 0 Å². The third-order valence-corrected chi connectivity index (χ3v) is 8.55. The molecule has 0 bridgehead atoms. The van der Waals surface area contributed by atoms with Gasteiger partial charge in [0.2, 0.25) is 11.9 Å². The Bertz CT molecular complexity index is 1510. The molecule has 240 valence electrons. The third-order valence-electron chi connectivity index (χ3n) is 8.55. The van der Waals surface area contributed by atoms with E-state index >= 15 is 0 Å². The number of halogens is 3. The second-order valence-electron chi connectivity index (χ2n) is 11.5. The summed E-state index contributed by atoms with van der Waals surface area (Å²) in [6, 6.07) is 11.4. The molecule has 1 saturated carbocycles. The van der Waals surface area contributed by atoms with Gasteiger partial charge < -0.3 is 24.8 Å². The molecule has 3 aliphatic rings. The number of anilines is 2. The molecule has 1 aliphatic heterocycles. The first-order valence-corrected chi connectivity index (χ1v) is 14.9. The number of piperazine rings is 1. The summed E-state index contributed by atoms with van der Waals surface area (Å²) in [7, 11) is 0. The van der Waals surface area contributed by atoms with Crippen molar-refractivity contribution in [3.63, 3.8) is 0 Å². The van der Waals surface area contributed by atoms with Crippen LogP contribution in [0.15, 0.2) is 42.5 Å². The molecule has 1 aromatic heterocycles. The smallest absolute Gasteiger partial charge is 0.489 e. The molecule has 1 saturated heterocycles. The molecule has 45 heavy (non-hydrogen) atoms. The second kappa shape index (κ2) is 13.1. The van der Waals surface area contributed by atoms with Crippen molar-refractivity contribution in [1.82, 2.24) is 20.3 Å². The number of hydrogen-bond donors (Lipinski definition) is 3. The van der Waals surface area contributed by atoms with Crippen molar-refractivity contribution in [3.8, 4) is 22.8 Å². The summed E-state index contributed by atoms with van der Waals surface area (Å²) in [5.41, 5.74) is 12.6. The summed E-state index contributed by atoms with van der Waals surface area (Å²) in [6.45, 7) is 4.92. The Kier molecular flexibility index (Phi) is 8.97. The van der Waals surface area contributed by atoms with Gasteiger partial charge in [-0.25, -0.2) is 10.5 Å². The molecule has 0 atom stereocenters. The van der Waals surface area contributed by atoms with Crippen LogP contribution < -0.4 is 25.6 Å². The number of benzene rings is 2. The number of hydrogen-bond acceptors (Lipinski definition) is 10. The minimum absolute atomic E-state index is 0.0668. The third kappa shape index (κ3) is 7.40. The van der Waals surface area contributed by atoms with Crippen molar-refractivity contribution >= 4 is 17.7 Å². The molecule has 0 radical (unpaired) electrons. The maximum absolute atomic E-state index is 12.4. The van der Waals surface area contributed by atoms with Gasteiger partial charge in [-0.1, -0.05) is 12.1 Å². The summed E-state index contributed by atoms with van der Waals surface area (Å²) >= 11 is 0. The van der Waals surface area contributed by atoms with Crippen molar-refractivity contribution in [3.05, 3.63) is 59.2 Å². The van der Waals surface area contributed by atoms with Crippen molar-refractivity contribution < 1.29 is 37.4 Å². The molecule has 4 N–H and O–H groups in total. The zero-order chi connectivity index (χ0) is 31.6. The Morgan fingerprint density at radius 3 is 2.47 bits per heavy atom. The fraction of sp³-hybridized carbons (Fsp3) is 0.452. The fourth-order valence-corrected chi connectivity index (χ4v) is 6.05. The number of hydroxylamine groups is 1. The van der Waals surface area contributed by atoms with Gasteiger partial charge in [-0.3, -0.25) is 14.9 Å². The molecule has 3 aromatic rings. The number of amides is 1.